The highest BCUT2D eigenvalue weighted by molar-refractivity contribution is 5.93. The number of nitrogens with zero attached hydrogens (tertiary/aromatic N) is 6. The minimum atomic E-state index is -0.278. The zero-order chi connectivity index (χ0) is 31.1. The van der Waals surface area contributed by atoms with Crippen LogP contribution in [0.1, 0.15) is 52.1 Å². The smallest absolute Gasteiger partial charge is 0.331 e. The van der Waals surface area contributed by atoms with Crippen LogP contribution >= 0.6 is 12.4 Å². The molecule has 0 N–H and O–H groups in total. The Kier molecular flexibility index (Phi) is 9.60. The molecule has 2 aliphatic rings. The van der Waals surface area contributed by atoms with E-state index < -0.39 is 0 Å². The summed E-state index contributed by atoms with van der Waals surface area (Å²) in [6.45, 7) is 13.7. The van der Waals surface area contributed by atoms with Crippen LogP contribution in [-0.4, -0.2) is 70.7 Å². The Hall–Kier alpha value is -3.83. The topological polar surface area (TPSA) is 104 Å². The Morgan fingerprint density at radius 2 is 1.53 bits per heavy atom. The van der Waals surface area contributed by atoms with Gasteiger partial charge in [-0.3, -0.25) is 13.9 Å². The molecule has 4 aromatic rings. The Morgan fingerprint density at radius 1 is 0.889 bits per heavy atom. The molecule has 2 aromatic heterocycles. The zero-order valence-electron chi connectivity index (χ0n) is 26.9. The van der Waals surface area contributed by atoms with E-state index in [-0.39, 0.29) is 41.9 Å². The summed E-state index contributed by atoms with van der Waals surface area (Å²) >= 11 is 0. The second kappa shape index (κ2) is 13.3. The Balaban J connectivity index is 0.00000400. The van der Waals surface area contributed by atoms with Crippen LogP contribution in [-0.2, 0) is 11.8 Å². The van der Waals surface area contributed by atoms with Gasteiger partial charge >= 0.3 is 5.69 Å². The van der Waals surface area contributed by atoms with Crippen LogP contribution in [0, 0.1) is 6.92 Å². The summed E-state index contributed by atoms with van der Waals surface area (Å²) < 4.78 is 20.9. The molecule has 0 amide bonds. The van der Waals surface area contributed by atoms with Crippen LogP contribution in [0.3, 0.4) is 0 Å². The van der Waals surface area contributed by atoms with E-state index in [0.717, 1.165) is 22.3 Å². The molecule has 2 aliphatic heterocycles. The summed E-state index contributed by atoms with van der Waals surface area (Å²) in [7, 11) is 1.74. The van der Waals surface area contributed by atoms with Crippen molar-refractivity contribution in [2.45, 2.75) is 65.7 Å². The van der Waals surface area contributed by atoms with Crippen molar-refractivity contribution in [3.8, 4) is 11.5 Å². The standard InChI is InChI=1S/C33H42N6O5.ClH/c1-7-42-28-16-24-26(17-29(28)43-8-2)34-32(38-18-21(4)44-22(5)19-38)35-30(24)37-13-11-23(12-14-37)39-31(40)25-15-20(3)9-10-27(25)36(6)33(39)41;/h9-10,15-17,21-23H,7-8,11-14,18-19H2,1-6H3;1H. The monoisotopic (exact) mass is 638 g/mol. The summed E-state index contributed by atoms with van der Waals surface area (Å²) in [5.41, 5.74) is 1.92. The summed E-state index contributed by atoms with van der Waals surface area (Å²) in [6.07, 6.45) is 1.38. The number of aromatic nitrogens is 4. The third-order valence-corrected chi connectivity index (χ3v) is 8.62. The SMILES string of the molecule is CCOc1cc2nc(N3CC(C)OC(C)C3)nc(N3CCC(n4c(=O)c5cc(C)ccc5n(C)c4=O)CC3)c2cc1OCC.Cl. The van der Waals surface area contributed by atoms with Gasteiger partial charge in [-0.05, 0) is 65.7 Å². The number of benzene rings is 2. The van der Waals surface area contributed by atoms with Gasteiger partial charge in [-0.2, -0.15) is 4.98 Å². The second-order valence-corrected chi connectivity index (χ2v) is 11.9. The normalized spacial score (nSPS) is 19.2. The summed E-state index contributed by atoms with van der Waals surface area (Å²) in [5, 5.41) is 1.45. The first kappa shape index (κ1) is 32.6. The Bertz CT molecular complexity index is 1810. The molecule has 12 heteroatoms. The number of piperidine rings is 1. The fraction of sp³-hybridized carbons (Fsp3) is 0.515. The van der Waals surface area contributed by atoms with Crippen molar-refractivity contribution < 1.29 is 14.2 Å². The third-order valence-electron chi connectivity index (χ3n) is 8.62. The van der Waals surface area contributed by atoms with Gasteiger partial charge in [-0.25, -0.2) is 9.78 Å². The molecule has 4 heterocycles. The maximum atomic E-state index is 13.6. The van der Waals surface area contributed by atoms with Crippen molar-refractivity contribution in [3.05, 3.63) is 56.7 Å². The molecule has 2 saturated heterocycles. The van der Waals surface area contributed by atoms with Crippen LogP contribution in [0.15, 0.2) is 39.9 Å². The lowest BCUT2D eigenvalue weighted by Gasteiger charge is -2.37. The summed E-state index contributed by atoms with van der Waals surface area (Å²) in [6, 6.07) is 9.36. The molecule has 0 saturated carbocycles. The van der Waals surface area contributed by atoms with Crippen LogP contribution in [0.4, 0.5) is 11.8 Å². The van der Waals surface area contributed by atoms with E-state index >= 15 is 0 Å². The molecule has 6 rings (SSSR count). The van der Waals surface area contributed by atoms with Crippen molar-refractivity contribution in [2.24, 2.45) is 7.05 Å². The molecule has 0 aliphatic carbocycles. The van der Waals surface area contributed by atoms with Crippen molar-refractivity contribution in [3.63, 3.8) is 0 Å². The first-order chi connectivity index (χ1) is 21.2. The fourth-order valence-corrected chi connectivity index (χ4v) is 6.62. The third kappa shape index (κ3) is 6.20. The lowest BCUT2D eigenvalue weighted by atomic mass is 10.0. The van der Waals surface area contributed by atoms with Crippen molar-refractivity contribution in [1.29, 1.82) is 0 Å². The van der Waals surface area contributed by atoms with Crippen LogP contribution in [0.2, 0.25) is 0 Å². The van der Waals surface area contributed by atoms with Gasteiger partial charge in [0, 0.05) is 50.7 Å². The fourth-order valence-electron chi connectivity index (χ4n) is 6.62. The molecule has 0 radical (unpaired) electrons. The first-order valence-corrected chi connectivity index (χ1v) is 15.7. The molecule has 0 spiro atoms. The van der Waals surface area contributed by atoms with Crippen LogP contribution in [0.5, 0.6) is 11.5 Å². The van der Waals surface area contributed by atoms with E-state index in [2.05, 4.69) is 23.6 Å². The van der Waals surface area contributed by atoms with Gasteiger partial charge in [0.25, 0.3) is 5.56 Å². The van der Waals surface area contributed by atoms with Gasteiger partial charge in [-0.15, -0.1) is 12.4 Å². The van der Waals surface area contributed by atoms with Crippen molar-refractivity contribution in [2.75, 3.05) is 49.2 Å². The molecule has 11 nitrogen and oxygen atoms in total. The average molecular weight is 639 g/mol. The van der Waals surface area contributed by atoms with E-state index in [9.17, 15) is 9.59 Å². The minimum Gasteiger partial charge on any atom is -0.490 e. The number of hydrogen-bond acceptors (Lipinski definition) is 9. The maximum Gasteiger partial charge on any atom is 0.331 e. The van der Waals surface area contributed by atoms with Crippen molar-refractivity contribution in [1.82, 2.24) is 19.1 Å². The zero-order valence-corrected chi connectivity index (χ0v) is 27.7. The molecule has 242 valence electrons. The second-order valence-electron chi connectivity index (χ2n) is 11.9. The molecule has 0 bridgehead atoms. The largest absolute Gasteiger partial charge is 0.490 e. The van der Waals surface area contributed by atoms with Gasteiger partial charge in [0.2, 0.25) is 5.95 Å². The number of aryl methyl sites for hydroxylation is 2. The molecule has 2 aromatic carbocycles. The maximum absolute atomic E-state index is 13.6. The molecule has 2 atom stereocenters. The van der Waals surface area contributed by atoms with E-state index in [1.807, 2.05) is 51.1 Å². The highest BCUT2D eigenvalue weighted by atomic mass is 35.5. The Labute approximate surface area is 269 Å². The van der Waals surface area contributed by atoms with E-state index in [1.165, 1.54) is 4.57 Å². The number of ether oxygens (including phenoxy) is 3. The summed E-state index contributed by atoms with van der Waals surface area (Å²) in [5.74, 6) is 2.78. The van der Waals surface area contributed by atoms with Gasteiger partial charge in [0.15, 0.2) is 11.5 Å². The van der Waals surface area contributed by atoms with Crippen molar-refractivity contribution >= 4 is 46.0 Å². The number of rotatable bonds is 7. The van der Waals surface area contributed by atoms with Gasteiger partial charge < -0.3 is 24.0 Å². The van der Waals surface area contributed by atoms with Crippen LogP contribution < -0.4 is 30.5 Å². The molecular formula is C33H43ClN6O5. The predicted octanol–water partition coefficient (Wildman–Crippen LogP) is 4.63. The molecule has 45 heavy (non-hydrogen) atoms. The predicted molar refractivity (Wildman–Crippen MR) is 180 cm³/mol. The summed E-state index contributed by atoms with van der Waals surface area (Å²) in [4.78, 5) is 41.6. The molecular weight excluding hydrogens is 596 g/mol. The molecule has 2 unspecified atom stereocenters. The molecule has 2 fully saturated rings. The lowest BCUT2D eigenvalue weighted by molar-refractivity contribution is -0.00569. The van der Waals surface area contributed by atoms with E-state index in [4.69, 9.17) is 24.2 Å². The average Bonchev–Trinajstić information content (AvgIpc) is 3.00. The van der Waals surface area contributed by atoms with Gasteiger partial charge in [0.05, 0.1) is 41.8 Å². The quantitative estimate of drug-likeness (QED) is 0.287. The lowest BCUT2D eigenvalue weighted by Crippen LogP contribution is -2.47. The van der Waals surface area contributed by atoms with Gasteiger partial charge in [0.1, 0.15) is 5.82 Å². The van der Waals surface area contributed by atoms with Gasteiger partial charge in [-0.1, -0.05) is 11.6 Å². The number of halogens is 1. The Morgan fingerprint density at radius 3 is 2.18 bits per heavy atom. The van der Waals surface area contributed by atoms with E-state index in [0.29, 0.717) is 80.6 Å². The highest BCUT2D eigenvalue weighted by Crippen LogP contribution is 2.38. The van der Waals surface area contributed by atoms with E-state index in [1.54, 1.807) is 11.6 Å². The minimum absolute atomic E-state index is 0. The highest BCUT2D eigenvalue weighted by Gasteiger charge is 2.30. The number of fused-ring (bicyclic) bond motifs is 2. The number of hydrogen-bond donors (Lipinski definition) is 0. The van der Waals surface area contributed by atoms with Crippen LogP contribution in [0.25, 0.3) is 21.8 Å². The number of anilines is 2. The first-order valence-electron chi connectivity index (χ1n) is 15.7. The number of morpholine rings is 1.